The van der Waals surface area contributed by atoms with Crippen molar-refractivity contribution in [3.8, 4) is 0 Å². The van der Waals surface area contributed by atoms with Crippen molar-refractivity contribution in [2.24, 2.45) is 0 Å². The second-order valence-electron chi connectivity index (χ2n) is 5.38. The largest absolute Gasteiger partial charge is 0.465 e. The Morgan fingerprint density at radius 3 is 2.62 bits per heavy atom. The van der Waals surface area contributed by atoms with Crippen molar-refractivity contribution in [3.05, 3.63) is 23.3 Å². The number of ether oxygens (including phenoxy) is 1. The summed E-state index contributed by atoms with van der Waals surface area (Å²) in [4.78, 5) is 13.7. The van der Waals surface area contributed by atoms with Crippen LogP contribution in [0.4, 0.5) is 11.4 Å². The molecule has 1 atom stereocenters. The summed E-state index contributed by atoms with van der Waals surface area (Å²) < 4.78 is 27.9. The number of nitrogen functional groups attached to an aromatic ring is 1. The van der Waals surface area contributed by atoms with Gasteiger partial charge in [0.2, 0.25) is 0 Å². The van der Waals surface area contributed by atoms with Crippen LogP contribution in [0.3, 0.4) is 0 Å². The van der Waals surface area contributed by atoms with Crippen molar-refractivity contribution >= 4 is 27.2 Å². The molecule has 1 fully saturated rings. The molecule has 0 aromatic heterocycles. The van der Waals surface area contributed by atoms with Gasteiger partial charge < -0.3 is 15.4 Å². The van der Waals surface area contributed by atoms with E-state index in [0.717, 1.165) is 11.3 Å². The molecule has 0 spiro atoms. The number of rotatable bonds is 3. The van der Waals surface area contributed by atoms with Gasteiger partial charge in [0, 0.05) is 24.5 Å². The number of sulfone groups is 1. The van der Waals surface area contributed by atoms with Crippen molar-refractivity contribution in [3.63, 3.8) is 0 Å². The zero-order valence-electron chi connectivity index (χ0n) is 12.4. The zero-order chi connectivity index (χ0) is 15.8. The van der Waals surface area contributed by atoms with E-state index in [4.69, 9.17) is 10.5 Å². The summed E-state index contributed by atoms with van der Waals surface area (Å²) in [5.74, 6) is -0.148. The highest BCUT2D eigenvalue weighted by Crippen LogP contribution is 2.29. The maximum Gasteiger partial charge on any atom is 0.340 e. The van der Waals surface area contributed by atoms with Gasteiger partial charge in [-0.3, -0.25) is 0 Å². The van der Waals surface area contributed by atoms with E-state index in [-0.39, 0.29) is 17.5 Å². The van der Waals surface area contributed by atoms with Crippen LogP contribution in [-0.4, -0.2) is 46.1 Å². The molecular formula is C14H20N2O4S. The minimum Gasteiger partial charge on any atom is -0.465 e. The van der Waals surface area contributed by atoms with E-state index in [1.807, 2.05) is 24.9 Å². The molecule has 6 nitrogen and oxygen atoms in total. The quantitative estimate of drug-likeness (QED) is 0.661. The molecule has 7 heteroatoms. The van der Waals surface area contributed by atoms with Crippen molar-refractivity contribution in [1.82, 2.24) is 0 Å². The predicted molar refractivity (Wildman–Crippen MR) is 82.4 cm³/mol. The molecule has 0 radical (unpaired) electrons. The summed E-state index contributed by atoms with van der Waals surface area (Å²) in [5.41, 5.74) is 8.13. The van der Waals surface area contributed by atoms with Crippen molar-refractivity contribution in [2.45, 2.75) is 19.4 Å². The van der Waals surface area contributed by atoms with Crippen LogP contribution < -0.4 is 10.6 Å². The molecule has 0 saturated carbocycles. The van der Waals surface area contributed by atoms with Gasteiger partial charge >= 0.3 is 5.97 Å². The molecule has 1 aliphatic heterocycles. The summed E-state index contributed by atoms with van der Waals surface area (Å²) in [6.07, 6.45) is 0.593. The Bertz CT molecular complexity index is 670. The van der Waals surface area contributed by atoms with E-state index in [1.165, 1.54) is 7.11 Å². The molecule has 0 amide bonds. The lowest BCUT2D eigenvalue weighted by Gasteiger charge is -2.27. The lowest BCUT2D eigenvalue weighted by atomic mass is 10.1. The van der Waals surface area contributed by atoms with Gasteiger partial charge in [-0.25, -0.2) is 13.2 Å². The number of methoxy groups -OCH3 is 1. The third-order valence-corrected chi connectivity index (χ3v) is 5.69. The molecule has 2 rings (SSSR count). The fourth-order valence-electron chi connectivity index (χ4n) is 2.55. The van der Waals surface area contributed by atoms with Crippen LogP contribution in [0.25, 0.3) is 0 Å². The average molecular weight is 312 g/mol. The van der Waals surface area contributed by atoms with Gasteiger partial charge in [-0.15, -0.1) is 0 Å². The Balaban J connectivity index is 2.36. The molecule has 1 aliphatic rings. The van der Waals surface area contributed by atoms with Gasteiger partial charge in [-0.05, 0) is 31.0 Å². The van der Waals surface area contributed by atoms with Crippen LogP contribution in [0, 0.1) is 6.92 Å². The highest BCUT2D eigenvalue weighted by atomic mass is 32.2. The second-order valence-corrected chi connectivity index (χ2v) is 7.61. The van der Waals surface area contributed by atoms with Gasteiger partial charge in [0.1, 0.15) is 0 Å². The third-order valence-electron chi connectivity index (χ3n) is 3.94. The Labute approximate surface area is 124 Å². The Morgan fingerprint density at radius 2 is 2.10 bits per heavy atom. The first-order valence-electron chi connectivity index (χ1n) is 6.67. The van der Waals surface area contributed by atoms with Gasteiger partial charge in [-0.1, -0.05) is 0 Å². The molecule has 1 heterocycles. The first-order chi connectivity index (χ1) is 9.75. The van der Waals surface area contributed by atoms with Gasteiger partial charge in [0.15, 0.2) is 9.84 Å². The maximum absolute atomic E-state index is 11.8. The number of nitrogens with two attached hydrogens (primary N) is 1. The molecular weight excluding hydrogens is 292 g/mol. The first-order valence-corrected chi connectivity index (χ1v) is 8.49. The maximum atomic E-state index is 11.8. The Kier molecular flexibility index (Phi) is 4.13. The summed E-state index contributed by atoms with van der Waals surface area (Å²) in [7, 11) is 0.178. The van der Waals surface area contributed by atoms with Crippen LogP contribution >= 0.6 is 0 Å². The smallest absolute Gasteiger partial charge is 0.340 e. The van der Waals surface area contributed by atoms with Gasteiger partial charge in [0.05, 0.1) is 24.2 Å². The minimum atomic E-state index is -2.96. The number of benzene rings is 1. The Morgan fingerprint density at radius 1 is 1.43 bits per heavy atom. The van der Waals surface area contributed by atoms with Crippen molar-refractivity contribution < 1.29 is 17.9 Å². The molecule has 0 bridgehead atoms. The molecule has 1 aromatic carbocycles. The highest BCUT2D eigenvalue weighted by Gasteiger charge is 2.31. The molecule has 21 heavy (non-hydrogen) atoms. The van der Waals surface area contributed by atoms with E-state index in [0.29, 0.717) is 17.7 Å². The number of esters is 1. The van der Waals surface area contributed by atoms with Crippen LogP contribution in [0.1, 0.15) is 22.3 Å². The number of hydrogen-bond acceptors (Lipinski definition) is 6. The molecule has 1 saturated heterocycles. The van der Waals surface area contributed by atoms with Crippen LogP contribution in [0.15, 0.2) is 12.1 Å². The summed E-state index contributed by atoms with van der Waals surface area (Å²) in [6, 6.07) is 3.43. The topological polar surface area (TPSA) is 89.7 Å². The normalized spacial score (nSPS) is 20.2. The van der Waals surface area contributed by atoms with E-state index in [1.54, 1.807) is 6.07 Å². The molecule has 1 aromatic rings. The summed E-state index contributed by atoms with van der Waals surface area (Å²) in [6.45, 7) is 1.81. The third kappa shape index (κ3) is 3.12. The van der Waals surface area contributed by atoms with E-state index < -0.39 is 15.8 Å². The van der Waals surface area contributed by atoms with E-state index in [9.17, 15) is 13.2 Å². The van der Waals surface area contributed by atoms with Crippen molar-refractivity contribution in [1.29, 1.82) is 0 Å². The summed E-state index contributed by atoms with van der Waals surface area (Å²) in [5, 5.41) is 0. The van der Waals surface area contributed by atoms with E-state index >= 15 is 0 Å². The number of anilines is 2. The molecule has 1 unspecified atom stereocenters. The molecule has 0 aliphatic carbocycles. The number of nitrogens with zero attached hydrogens (tertiary/aromatic N) is 1. The molecule has 116 valence electrons. The lowest BCUT2D eigenvalue weighted by molar-refractivity contribution is 0.0602. The number of carbonyl (C=O) groups is 1. The minimum absolute atomic E-state index is 0.0801. The lowest BCUT2D eigenvalue weighted by Crippen LogP contribution is -2.32. The van der Waals surface area contributed by atoms with Gasteiger partial charge in [0.25, 0.3) is 0 Å². The first kappa shape index (κ1) is 15.6. The average Bonchev–Trinajstić information content (AvgIpc) is 2.80. The van der Waals surface area contributed by atoms with Crippen LogP contribution in [0.5, 0.6) is 0 Å². The monoisotopic (exact) mass is 312 g/mol. The number of hydrogen-bond donors (Lipinski definition) is 1. The van der Waals surface area contributed by atoms with Gasteiger partial charge in [-0.2, -0.15) is 0 Å². The highest BCUT2D eigenvalue weighted by molar-refractivity contribution is 7.91. The van der Waals surface area contributed by atoms with Crippen LogP contribution in [0.2, 0.25) is 0 Å². The SMILES string of the molecule is COC(=O)c1cc(N(C)C2CCS(=O)(=O)C2)cc(C)c1N. The standard InChI is InChI=1S/C14H20N2O4S/c1-9-6-11(7-12(13(9)15)14(17)20-3)16(2)10-4-5-21(18,19)8-10/h6-7,10H,4-5,8,15H2,1-3H3. The van der Waals surface area contributed by atoms with Crippen molar-refractivity contribution in [2.75, 3.05) is 36.3 Å². The van der Waals surface area contributed by atoms with E-state index in [2.05, 4.69) is 0 Å². The number of carbonyl (C=O) groups excluding carboxylic acids is 1. The fourth-order valence-corrected chi connectivity index (χ4v) is 4.33. The number of aryl methyl sites for hydroxylation is 1. The van der Waals surface area contributed by atoms with Crippen LogP contribution in [-0.2, 0) is 14.6 Å². The zero-order valence-corrected chi connectivity index (χ0v) is 13.2. The molecule has 2 N–H and O–H groups in total. The summed E-state index contributed by atoms with van der Waals surface area (Å²) >= 11 is 0. The second kappa shape index (κ2) is 5.55. The fraction of sp³-hybridized carbons (Fsp3) is 0.500. The predicted octanol–water partition coefficient (Wildman–Crippen LogP) is 0.987. The Hall–Kier alpha value is -1.76.